The summed E-state index contributed by atoms with van der Waals surface area (Å²) in [5.41, 5.74) is 3.09. The Labute approximate surface area is 144 Å². The maximum Gasteiger partial charge on any atom is 0.173 e. The summed E-state index contributed by atoms with van der Waals surface area (Å²) < 4.78 is 5.53. The summed E-state index contributed by atoms with van der Waals surface area (Å²) >= 11 is 5.93. The summed E-state index contributed by atoms with van der Waals surface area (Å²) in [4.78, 5) is 0. The van der Waals surface area contributed by atoms with Crippen molar-refractivity contribution in [2.24, 2.45) is 0 Å². The van der Waals surface area contributed by atoms with E-state index in [4.69, 9.17) is 16.1 Å². The number of benzene rings is 3. The van der Waals surface area contributed by atoms with Gasteiger partial charge in [-0.2, -0.15) is 0 Å². The molecule has 4 rings (SSSR count). The molecule has 0 aliphatic heterocycles. The highest BCUT2D eigenvalue weighted by Gasteiger charge is 2.18. The van der Waals surface area contributed by atoms with Gasteiger partial charge in [-0.1, -0.05) is 53.2 Å². The van der Waals surface area contributed by atoms with Gasteiger partial charge in [-0.15, -0.1) is 0 Å². The second-order valence-corrected chi connectivity index (χ2v) is 6.00. The molecule has 4 aromatic rings. The van der Waals surface area contributed by atoms with E-state index in [9.17, 15) is 5.11 Å². The van der Waals surface area contributed by atoms with Gasteiger partial charge in [0.2, 0.25) is 0 Å². The van der Waals surface area contributed by atoms with Crippen LogP contribution in [-0.2, 0) is 6.61 Å². The van der Waals surface area contributed by atoms with Crippen LogP contribution in [0.5, 0.6) is 0 Å². The molecule has 118 valence electrons. The summed E-state index contributed by atoms with van der Waals surface area (Å²) in [6, 6.07) is 21.5. The molecule has 0 unspecified atom stereocenters. The summed E-state index contributed by atoms with van der Waals surface area (Å²) in [5.74, 6) is 0.567. The van der Waals surface area contributed by atoms with Crippen LogP contribution in [0, 0.1) is 0 Å². The first-order valence-corrected chi connectivity index (χ1v) is 7.98. The Kier molecular flexibility index (Phi) is 3.81. The maximum absolute atomic E-state index is 9.85. The van der Waals surface area contributed by atoms with Gasteiger partial charge in [0, 0.05) is 16.1 Å². The Balaban J connectivity index is 1.84. The molecule has 0 aliphatic rings. The first-order chi connectivity index (χ1) is 11.8. The topological polar surface area (TPSA) is 46.3 Å². The van der Waals surface area contributed by atoms with Crippen molar-refractivity contribution in [2.75, 3.05) is 0 Å². The molecule has 0 amide bonds. The van der Waals surface area contributed by atoms with Crippen molar-refractivity contribution < 1.29 is 9.63 Å². The van der Waals surface area contributed by atoms with Crippen molar-refractivity contribution >= 4 is 22.4 Å². The highest BCUT2D eigenvalue weighted by molar-refractivity contribution is 6.30. The molecule has 0 radical (unpaired) electrons. The second kappa shape index (κ2) is 6.11. The van der Waals surface area contributed by atoms with Crippen molar-refractivity contribution in [3.05, 3.63) is 77.3 Å². The number of rotatable bonds is 3. The van der Waals surface area contributed by atoms with Crippen molar-refractivity contribution in [3.8, 4) is 22.6 Å². The third-order valence-corrected chi connectivity index (χ3v) is 4.33. The number of halogens is 1. The molecule has 0 fully saturated rings. The van der Waals surface area contributed by atoms with Crippen LogP contribution in [0.1, 0.15) is 5.56 Å². The molecular weight excluding hydrogens is 322 g/mol. The number of hydrogen-bond donors (Lipinski definition) is 1. The van der Waals surface area contributed by atoms with E-state index in [2.05, 4.69) is 23.4 Å². The van der Waals surface area contributed by atoms with E-state index >= 15 is 0 Å². The first kappa shape index (κ1) is 14.9. The molecule has 4 heteroatoms. The summed E-state index contributed by atoms with van der Waals surface area (Å²) in [6.45, 7) is -0.149. The number of aliphatic hydroxyl groups is 1. The minimum Gasteiger partial charge on any atom is -0.391 e. The van der Waals surface area contributed by atoms with Crippen molar-refractivity contribution in [1.82, 2.24) is 5.16 Å². The lowest BCUT2D eigenvalue weighted by atomic mass is 10.0. The molecule has 0 saturated carbocycles. The molecule has 24 heavy (non-hydrogen) atoms. The van der Waals surface area contributed by atoms with Gasteiger partial charge in [0.05, 0.1) is 12.2 Å². The van der Waals surface area contributed by atoms with E-state index in [0.29, 0.717) is 22.0 Å². The minimum atomic E-state index is -0.149. The molecule has 1 N–H and O–H groups in total. The molecule has 0 spiro atoms. The first-order valence-electron chi connectivity index (χ1n) is 7.61. The van der Waals surface area contributed by atoms with Gasteiger partial charge in [0.15, 0.2) is 5.76 Å². The summed E-state index contributed by atoms with van der Waals surface area (Å²) in [7, 11) is 0. The zero-order chi connectivity index (χ0) is 16.5. The normalized spacial score (nSPS) is 11.1. The van der Waals surface area contributed by atoms with Crippen LogP contribution < -0.4 is 0 Å². The fourth-order valence-corrected chi connectivity index (χ4v) is 2.97. The lowest BCUT2D eigenvalue weighted by Crippen LogP contribution is -1.89. The second-order valence-electron chi connectivity index (χ2n) is 5.57. The van der Waals surface area contributed by atoms with E-state index in [1.807, 2.05) is 36.4 Å². The SMILES string of the molecule is OCc1c(-c2ccc3ccccc3c2)noc1-c1ccc(Cl)cc1. The van der Waals surface area contributed by atoms with Gasteiger partial charge in [0.1, 0.15) is 5.69 Å². The Morgan fingerprint density at radius 2 is 1.58 bits per heavy atom. The van der Waals surface area contributed by atoms with Gasteiger partial charge in [0.25, 0.3) is 0 Å². The smallest absolute Gasteiger partial charge is 0.173 e. The van der Waals surface area contributed by atoms with Gasteiger partial charge in [-0.05, 0) is 41.1 Å². The largest absolute Gasteiger partial charge is 0.391 e. The number of hydrogen-bond acceptors (Lipinski definition) is 3. The minimum absolute atomic E-state index is 0.149. The number of aromatic nitrogens is 1. The predicted molar refractivity (Wildman–Crippen MR) is 95.8 cm³/mol. The van der Waals surface area contributed by atoms with E-state index in [-0.39, 0.29) is 6.61 Å². The van der Waals surface area contributed by atoms with Gasteiger partial charge in [-0.25, -0.2) is 0 Å². The standard InChI is InChI=1S/C20H14ClNO2/c21-17-9-7-14(8-10-17)20-18(12-23)19(22-24-20)16-6-5-13-3-1-2-4-15(13)11-16/h1-11,23H,12H2. The van der Waals surface area contributed by atoms with Gasteiger partial charge >= 0.3 is 0 Å². The lowest BCUT2D eigenvalue weighted by molar-refractivity contribution is 0.281. The highest BCUT2D eigenvalue weighted by atomic mass is 35.5. The monoisotopic (exact) mass is 335 g/mol. The lowest BCUT2D eigenvalue weighted by Gasteiger charge is -2.03. The molecule has 0 atom stereocenters. The number of fused-ring (bicyclic) bond motifs is 1. The fraction of sp³-hybridized carbons (Fsp3) is 0.0500. The average Bonchev–Trinajstić information content (AvgIpc) is 3.06. The molecule has 0 aliphatic carbocycles. The van der Waals surface area contributed by atoms with Crippen LogP contribution in [-0.4, -0.2) is 10.3 Å². The Morgan fingerprint density at radius 3 is 2.33 bits per heavy atom. The Bertz CT molecular complexity index is 1010. The molecule has 1 heterocycles. The van der Waals surface area contributed by atoms with Crippen molar-refractivity contribution in [3.63, 3.8) is 0 Å². The zero-order valence-electron chi connectivity index (χ0n) is 12.7. The third-order valence-electron chi connectivity index (χ3n) is 4.08. The van der Waals surface area contributed by atoms with E-state index in [1.165, 1.54) is 0 Å². The molecule has 0 bridgehead atoms. The molecule has 0 saturated heterocycles. The molecule has 3 nitrogen and oxygen atoms in total. The Hall–Kier alpha value is -2.62. The van der Waals surface area contributed by atoms with E-state index in [1.54, 1.807) is 12.1 Å². The fourth-order valence-electron chi connectivity index (χ4n) is 2.85. The van der Waals surface area contributed by atoms with E-state index in [0.717, 1.165) is 21.9 Å². The number of nitrogens with zero attached hydrogens (tertiary/aromatic N) is 1. The van der Waals surface area contributed by atoms with Crippen LogP contribution in [0.2, 0.25) is 5.02 Å². The van der Waals surface area contributed by atoms with Crippen LogP contribution >= 0.6 is 11.6 Å². The maximum atomic E-state index is 9.85. The van der Waals surface area contributed by atoms with Crippen LogP contribution in [0.15, 0.2) is 71.3 Å². The van der Waals surface area contributed by atoms with Crippen LogP contribution in [0.3, 0.4) is 0 Å². The summed E-state index contributed by atoms with van der Waals surface area (Å²) in [6.07, 6.45) is 0. The highest BCUT2D eigenvalue weighted by Crippen LogP contribution is 2.34. The van der Waals surface area contributed by atoms with Gasteiger partial charge in [-0.3, -0.25) is 0 Å². The molecule has 3 aromatic carbocycles. The Morgan fingerprint density at radius 1 is 0.875 bits per heavy atom. The third kappa shape index (κ3) is 2.58. The van der Waals surface area contributed by atoms with Crippen LogP contribution in [0.4, 0.5) is 0 Å². The van der Waals surface area contributed by atoms with Crippen molar-refractivity contribution in [2.45, 2.75) is 6.61 Å². The van der Waals surface area contributed by atoms with Crippen LogP contribution in [0.25, 0.3) is 33.4 Å². The van der Waals surface area contributed by atoms with Gasteiger partial charge < -0.3 is 9.63 Å². The predicted octanol–water partition coefficient (Wildman–Crippen LogP) is 5.31. The molecular formula is C20H14ClNO2. The quantitative estimate of drug-likeness (QED) is 0.552. The van der Waals surface area contributed by atoms with Crippen molar-refractivity contribution in [1.29, 1.82) is 0 Å². The molecule has 1 aromatic heterocycles. The van der Waals surface area contributed by atoms with E-state index < -0.39 is 0 Å². The number of aliphatic hydroxyl groups excluding tert-OH is 1. The summed E-state index contributed by atoms with van der Waals surface area (Å²) in [5, 5.41) is 17.0. The zero-order valence-corrected chi connectivity index (χ0v) is 13.5. The average molecular weight is 336 g/mol.